The van der Waals surface area contributed by atoms with Crippen LogP contribution in [-0.2, 0) is 5.88 Å². The fourth-order valence-electron chi connectivity index (χ4n) is 1.66. The van der Waals surface area contributed by atoms with E-state index in [-0.39, 0.29) is 11.6 Å². The average Bonchev–Trinajstić information content (AvgIpc) is 2.72. The molecule has 0 aliphatic heterocycles. The van der Waals surface area contributed by atoms with Crippen LogP contribution in [0.15, 0.2) is 12.1 Å². The van der Waals surface area contributed by atoms with Crippen LogP contribution >= 0.6 is 34.5 Å². The van der Waals surface area contributed by atoms with E-state index in [1.807, 2.05) is 6.92 Å². The quantitative estimate of drug-likeness (QED) is 0.456. The van der Waals surface area contributed by atoms with Gasteiger partial charge in [-0.3, -0.25) is 10.1 Å². The standard InChI is InChI=1S/C12H10Cl2N2O3S/c1-6-3-7(2)9(4-8(6)16(17)18)19-12-15-11(14)10(5-13)20-12/h3-4H,5H2,1-2H3. The molecule has 0 radical (unpaired) electrons. The summed E-state index contributed by atoms with van der Waals surface area (Å²) < 4.78 is 5.58. The fraction of sp³-hybridized carbons (Fsp3) is 0.250. The molecule has 0 unspecified atom stereocenters. The third kappa shape index (κ3) is 3.03. The summed E-state index contributed by atoms with van der Waals surface area (Å²) >= 11 is 12.8. The van der Waals surface area contributed by atoms with Crippen molar-refractivity contribution in [1.82, 2.24) is 4.98 Å². The van der Waals surface area contributed by atoms with Crippen LogP contribution in [0.3, 0.4) is 0 Å². The lowest BCUT2D eigenvalue weighted by Crippen LogP contribution is -1.95. The predicted octanol–water partition coefficient (Wildman–Crippen LogP) is 4.85. The zero-order valence-corrected chi connectivity index (χ0v) is 13.0. The van der Waals surface area contributed by atoms with Crippen molar-refractivity contribution in [3.8, 4) is 10.9 Å². The fourth-order valence-corrected chi connectivity index (χ4v) is 2.99. The van der Waals surface area contributed by atoms with Gasteiger partial charge >= 0.3 is 0 Å². The molecule has 0 spiro atoms. The molecule has 2 aromatic rings. The van der Waals surface area contributed by atoms with Crippen LogP contribution < -0.4 is 4.74 Å². The van der Waals surface area contributed by atoms with Crippen molar-refractivity contribution in [2.24, 2.45) is 0 Å². The van der Waals surface area contributed by atoms with Crippen molar-refractivity contribution in [3.05, 3.63) is 43.4 Å². The molecule has 106 valence electrons. The lowest BCUT2D eigenvalue weighted by Gasteiger charge is -2.07. The van der Waals surface area contributed by atoms with Gasteiger partial charge in [-0.25, -0.2) is 0 Å². The number of nitro benzene ring substituents is 1. The summed E-state index contributed by atoms with van der Waals surface area (Å²) in [5, 5.41) is 11.5. The number of aryl methyl sites for hydroxylation is 2. The predicted molar refractivity (Wildman–Crippen MR) is 79.3 cm³/mol. The molecule has 5 nitrogen and oxygen atoms in total. The van der Waals surface area contributed by atoms with E-state index in [9.17, 15) is 10.1 Å². The van der Waals surface area contributed by atoms with Crippen LogP contribution in [0.1, 0.15) is 16.0 Å². The van der Waals surface area contributed by atoms with E-state index in [0.29, 0.717) is 26.5 Å². The van der Waals surface area contributed by atoms with E-state index in [1.54, 1.807) is 13.0 Å². The van der Waals surface area contributed by atoms with E-state index < -0.39 is 4.92 Å². The summed E-state index contributed by atoms with van der Waals surface area (Å²) in [4.78, 5) is 15.2. The number of rotatable bonds is 4. The molecule has 0 aliphatic rings. The molecule has 0 atom stereocenters. The van der Waals surface area contributed by atoms with E-state index in [4.69, 9.17) is 27.9 Å². The molecule has 0 saturated heterocycles. The zero-order chi connectivity index (χ0) is 14.9. The van der Waals surface area contributed by atoms with Gasteiger partial charge in [0.05, 0.1) is 21.7 Å². The van der Waals surface area contributed by atoms with Gasteiger partial charge in [0.2, 0.25) is 0 Å². The highest BCUT2D eigenvalue weighted by molar-refractivity contribution is 7.14. The Kier molecular flexibility index (Phi) is 4.47. The number of hydrogen-bond acceptors (Lipinski definition) is 5. The molecule has 0 aliphatic carbocycles. The van der Waals surface area contributed by atoms with Gasteiger partial charge in [0, 0.05) is 5.56 Å². The third-order valence-electron chi connectivity index (χ3n) is 2.64. The Morgan fingerprint density at radius 3 is 2.65 bits per heavy atom. The van der Waals surface area contributed by atoms with Gasteiger partial charge in [-0.15, -0.1) is 11.6 Å². The minimum absolute atomic E-state index is 0.00539. The minimum Gasteiger partial charge on any atom is -0.430 e. The first kappa shape index (κ1) is 15.0. The minimum atomic E-state index is -0.444. The number of benzene rings is 1. The van der Waals surface area contributed by atoms with Crippen LogP contribution in [0.5, 0.6) is 10.9 Å². The number of halogens is 2. The van der Waals surface area contributed by atoms with Crippen molar-refractivity contribution in [2.75, 3.05) is 0 Å². The molecular weight excluding hydrogens is 323 g/mol. The first-order chi connectivity index (χ1) is 9.42. The Labute approximate surface area is 129 Å². The molecule has 0 saturated carbocycles. The molecule has 8 heteroatoms. The molecule has 20 heavy (non-hydrogen) atoms. The van der Waals surface area contributed by atoms with Crippen molar-refractivity contribution >= 4 is 40.2 Å². The summed E-state index contributed by atoms with van der Waals surface area (Å²) in [7, 11) is 0. The van der Waals surface area contributed by atoms with Crippen molar-refractivity contribution in [1.29, 1.82) is 0 Å². The number of aromatic nitrogens is 1. The monoisotopic (exact) mass is 332 g/mol. The highest BCUT2D eigenvalue weighted by Gasteiger charge is 2.17. The SMILES string of the molecule is Cc1cc(C)c([N+](=O)[O-])cc1Oc1nc(Cl)c(CCl)s1. The molecule has 0 amide bonds. The second-order valence-corrected chi connectivity index (χ2v) is 5.76. The van der Waals surface area contributed by atoms with Crippen molar-refractivity contribution in [2.45, 2.75) is 19.7 Å². The molecule has 1 aromatic carbocycles. The van der Waals surface area contributed by atoms with Gasteiger partial charge in [-0.1, -0.05) is 22.9 Å². The zero-order valence-electron chi connectivity index (χ0n) is 10.6. The van der Waals surface area contributed by atoms with Crippen LogP contribution in [-0.4, -0.2) is 9.91 Å². The number of ether oxygens (including phenoxy) is 1. The van der Waals surface area contributed by atoms with Gasteiger partial charge in [0.1, 0.15) is 10.9 Å². The number of thiazole rings is 1. The van der Waals surface area contributed by atoms with Crippen LogP contribution in [0.25, 0.3) is 0 Å². The Balaban J connectivity index is 2.37. The Bertz CT molecular complexity index is 673. The molecular formula is C12H10Cl2N2O3S. The largest absolute Gasteiger partial charge is 0.430 e. The lowest BCUT2D eigenvalue weighted by molar-refractivity contribution is -0.385. The van der Waals surface area contributed by atoms with Crippen molar-refractivity contribution < 1.29 is 9.66 Å². The summed E-state index contributed by atoms with van der Waals surface area (Å²) in [6.07, 6.45) is 0. The van der Waals surface area contributed by atoms with Gasteiger partial charge in [-0.2, -0.15) is 4.98 Å². The number of nitro groups is 1. The topological polar surface area (TPSA) is 65.3 Å². The van der Waals surface area contributed by atoms with Crippen LogP contribution in [0.2, 0.25) is 5.15 Å². The molecule has 2 rings (SSSR count). The van der Waals surface area contributed by atoms with E-state index in [2.05, 4.69) is 4.98 Å². The Hall–Kier alpha value is -1.37. The van der Waals surface area contributed by atoms with E-state index in [0.717, 1.165) is 5.56 Å². The second-order valence-electron chi connectivity index (χ2n) is 4.09. The molecule has 0 bridgehead atoms. The first-order valence-corrected chi connectivity index (χ1v) is 7.30. The maximum atomic E-state index is 10.9. The molecule has 1 heterocycles. The normalized spacial score (nSPS) is 10.6. The maximum absolute atomic E-state index is 10.9. The van der Waals surface area contributed by atoms with Gasteiger partial charge in [-0.05, 0) is 25.5 Å². The molecule has 0 N–H and O–H groups in total. The molecule has 1 aromatic heterocycles. The number of alkyl halides is 1. The molecule has 0 fully saturated rings. The highest BCUT2D eigenvalue weighted by atomic mass is 35.5. The number of hydrogen-bond donors (Lipinski definition) is 0. The van der Waals surface area contributed by atoms with Gasteiger partial charge in [0.25, 0.3) is 10.9 Å². The summed E-state index contributed by atoms with van der Waals surface area (Å²) in [5.41, 5.74) is 1.37. The van der Waals surface area contributed by atoms with Crippen LogP contribution in [0.4, 0.5) is 5.69 Å². The Morgan fingerprint density at radius 1 is 1.40 bits per heavy atom. The lowest BCUT2D eigenvalue weighted by atomic mass is 10.1. The summed E-state index contributed by atoms with van der Waals surface area (Å²) in [6.45, 7) is 3.49. The van der Waals surface area contributed by atoms with Gasteiger partial charge < -0.3 is 4.74 Å². The third-order valence-corrected chi connectivity index (χ3v) is 4.42. The summed E-state index contributed by atoms with van der Waals surface area (Å²) in [5.74, 6) is 0.626. The van der Waals surface area contributed by atoms with Gasteiger partial charge in [0.15, 0.2) is 0 Å². The Morgan fingerprint density at radius 2 is 2.10 bits per heavy atom. The van der Waals surface area contributed by atoms with Crippen LogP contribution in [0, 0.1) is 24.0 Å². The average molecular weight is 333 g/mol. The first-order valence-electron chi connectivity index (χ1n) is 5.57. The number of nitrogens with zero attached hydrogens (tertiary/aromatic N) is 2. The van der Waals surface area contributed by atoms with E-state index >= 15 is 0 Å². The highest BCUT2D eigenvalue weighted by Crippen LogP contribution is 2.36. The second kappa shape index (κ2) is 5.95. The van der Waals surface area contributed by atoms with Crippen molar-refractivity contribution in [3.63, 3.8) is 0 Å². The van der Waals surface area contributed by atoms with E-state index in [1.165, 1.54) is 17.4 Å². The maximum Gasteiger partial charge on any atom is 0.280 e. The summed E-state index contributed by atoms with van der Waals surface area (Å²) in [6, 6.07) is 3.09. The smallest absolute Gasteiger partial charge is 0.280 e.